The highest BCUT2D eigenvalue weighted by molar-refractivity contribution is 7.25. The zero-order valence-corrected chi connectivity index (χ0v) is 81.7. The van der Waals surface area contributed by atoms with Gasteiger partial charge in [0.1, 0.15) is 22.3 Å². The summed E-state index contributed by atoms with van der Waals surface area (Å²) < 4.78 is 15.3. The van der Waals surface area contributed by atoms with Gasteiger partial charge in [0.2, 0.25) is 0 Å². The average Bonchev–Trinajstić information content (AvgIpc) is 1.61. The van der Waals surface area contributed by atoms with Crippen molar-refractivity contribution >= 4 is 170 Å². The fourth-order valence-corrected chi connectivity index (χ4v) is 22.6. The van der Waals surface area contributed by atoms with Gasteiger partial charge in [-0.25, -0.2) is 0 Å². The summed E-state index contributed by atoms with van der Waals surface area (Å²) in [6.07, 6.45) is 0. The molecule has 0 unspecified atom stereocenters. The van der Waals surface area contributed by atoms with Crippen LogP contribution in [0.2, 0.25) is 0 Å². The van der Waals surface area contributed by atoms with Gasteiger partial charge in [-0.2, -0.15) is 0 Å². The standard InChI is InChI=1S/C50H33NO.C46H31NO.C46H31NS/c1-2-10-35(11-3-1)44-18-9-14-39-32-38(24-30-46(39)44)34-20-25-40(26-21-34)51(42-29-31-48-47-16-6-7-19-49(47)52-50(48)33-42)41-27-22-37(23-28-41)45-17-8-13-36-12-4-5-15-43(36)45;2*1-3-10-32(11-4-1)33-18-23-38(24-19-33)47(40-27-29-44-43-15-7-8-17-45(43)48-46(44)31-40)39-25-20-34(21-26-39)36-22-28-42-37(30-36)14-9-16-41(42)35-12-5-2-6-13-35/h1-33H;2*1-31H. The van der Waals surface area contributed by atoms with E-state index in [-0.39, 0.29) is 0 Å². The van der Waals surface area contributed by atoms with Gasteiger partial charge in [-0.1, -0.05) is 419 Å². The molecule has 0 aliphatic carbocycles. The van der Waals surface area contributed by atoms with Gasteiger partial charge in [0.25, 0.3) is 0 Å². The van der Waals surface area contributed by atoms with Crippen LogP contribution in [0.3, 0.4) is 0 Å². The number of fused-ring (bicyclic) bond motifs is 13. The summed E-state index contributed by atoms with van der Waals surface area (Å²) in [5.41, 5.74) is 35.2. The maximum atomic E-state index is 6.35. The van der Waals surface area contributed by atoms with Crippen molar-refractivity contribution in [3.8, 4) is 100 Å². The van der Waals surface area contributed by atoms with E-state index in [1.54, 1.807) is 0 Å². The summed E-state index contributed by atoms with van der Waals surface area (Å²) in [5.74, 6) is 0. The number of nitrogens with zero attached hydrogens (tertiary/aromatic N) is 3. The lowest BCUT2D eigenvalue weighted by Gasteiger charge is -2.26. The number of rotatable bonds is 18. The predicted molar refractivity (Wildman–Crippen MR) is 630 cm³/mol. The van der Waals surface area contributed by atoms with Crippen LogP contribution in [-0.4, -0.2) is 0 Å². The van der Waals surface area contributed by atoms with Crippen LogP contribution < -0.4 is 14.7 Å². The van der Waals surface area contributed by atoms with Crippen molar-refractivity contribution < 1.29 is 8.83 Å². The molecule has 25 aromatic carbocycles. The molecule has 696 valence electrons. The maximum Gasteiger partial charge on any atom is 0.137 e. The minimum absolute atomic E-state index is 0.874. The zero-order valence-electron chi connectivity index (χ0n) is 80.9. The second kappa shape index (κ2) is 39.2. The van der Waals surface area contributed by atoms with Crippen LogP contribution in [0.15, 0.2) is 585 Å². The lowest BCUT2D eigenvalue weighted by atomic mass is 9.95. The quantitative estimate of drug-likeness (QED) is 0.0856. The predicted octanol–water partition coefficient (Wildman–Crippen LogP) is 41.3. The molecule has 5 nitrogen and oxygen atoms in total. The summed E-state index contributed by atoms with van der Waals surface area (Å²) in [7, 11) is 0. The minimum atomic E-state index is 0.874. The Morgan fingerprint density at radius 1 is 0.122 bits per heavy atom. The van der Waals surface area contributed by atoms with Crippen LogP contribution in [0.5, 0.6) is 0 Å². The molecular weight excluding hydrogens is 1810 g/mol. The third-order valence-electron chi connectivity index (χ3n) is 28.8. The molecule has 0 N–H and O–H groups in total. The molecule has 28 aromatic rings. The molecule has 28 rings (SSSR count). The highest BCUT2D eigenvalue weighted by Gasteiger charge is 2.23. The Balaban J connectivity index is 0.000000112. The first kappa shape index (κ1) is 88.9. The molecule has 3 aromatic heterocycles. The van der Waals surface area contributed by atoms with E-state index >= 15 is 0 Å². The summed E-state index contributed by atoms with van der Waals surface area (Å²) >= 11 is 1.86. The van der Waals surface area contributed by atoms with E-state index in [4.69, 9.17) is 8.83 Å². The van der Waals surface area contributed by atoms with Crippen molar-refractivity contribution in [2.75, 3.05) is 14.7 Å². The summed E-state index contributed by atoms with van der Waals surface area (Å²) in [4.78, 5) is 6.99. The molecule has 3 heterocycles. The van der Waals surface area contributed by atoms with Crippen molar-refractivity contribution in [1.29, 1.82) is 0 Å². The Morgan fingerprint density at radius 2 is 0.345 bits per heavy atom. The molecule has 0 amide bonds. The van der Waals surface area contributed by atoms with Crippen molar-refractivity contribution in [1.82, 2.24) is 0 Å². The van der Waals surface area contributed by atoms with Crippen molar-refractivity contribution in [2.45, 2.75) is 0 Å². The topological polar surface area (TPSA) is 36.0 Å². The number of benzene rings is 25. The van der Waals surface area contributed by atoms with Crippen molar-refractivity contribution in [3.05, 3.63) is 576 Å². The summed E-state index contributed by atoms with van der Waals surface area (Å²) in [5, 5.41) is 17.1. The number of para-hydroxylation sites is 2. The molecule has 0 aliphatic heterocycles. The average molecular weight is 1910 g/mol. The van der Waals surface area contributed by atoms with Crippen LogP contribution in [0.1, 0.15) is 0 Å². The van der Waals surface area contributed by atoms with Gasteiger partial charge in [-0.15, -0.1) is 11.3 Å². The lowest BCUT2D eigenvalue weighted by molar-refractivity contribution is 0.668. The Morgan fingerprint density at radius 3 is 0.709 bits per heavy atom. The van der Waals surface area contributed by atoms with Crippen molar-refractivity contribution in [2.24, 2.45) is 0 Å². The SMILES string of the molecule is c1ccc(-c2ccc(N(c3ccc(-c4ccc5c(-c6ccccc6)cccc5c4)cc3)c3ccc4c(c3)oc3ccccc34)cc2)cc1.c1ccc(-c2ccc(N(c3ccc(-c4ccc5c(-c6ccccc6)cccc5c4)cc3)c3ccc4c(c3)sc3ccccc34)cc2)cc1.c1ccc(-c2cccc3cc(-c4ccc(N(c5ccc(-c6cccc7ccccc67)cc5)c5ccc6c(c5)oc5ccccc56)cc4)ccc23)cc1. The minimum Gasteiger partial charge on any atom is -0.456 e. The molecule has 0 spiro atoms. The van der Waals surface area contributed by atoms with Gasteiger partial charge in [-0.05, 0) is 289 Å². The highest BCUT2D eigenvalue weighted by atomic mass is 32.1. The molecule has 6 heteroatoms. The molecule has 0 fully saturated rings. The Labute approximate surface area is 863 Å². The van der Waals surface area contributed by atoms with Gasteiger partial charge in [0.05, 0.1) is 0 Å². The fraction of sp³-hybridized carbons (Fsp3) is 0. The van der Waals surface area contributed by atoms with Crippen LogP contribution in [0.4, 0.5) is 51.2 Å². The van der Waals surface area contributed by atoms with Gasteiger partial charge in [0, 0.05) is 105 Å². The van der Waals surface area contributed by atoms with E-state index in [0.717, 1.165) is 95.1 Å². The number of anilines is 9. The third-order valence-corrected chi connectivity index (χ3v) is 30.0. The number of hydrogen-bond acceptors (Lipinski definition) is 6. The van der Waals surface area contributed by atoms with Crippen LogP contribution >= 0.6 is 11.3 Å². The maximum absolute atomic E-state index is 6.35. The Hall–Kier alpha value is -19.2. The molecule has 0 bridgehead atoms. The fourth-order valence-electron chi connectivity index (χ4n) is 21.4. The van der Waals surface area contributed by atoms with E-state index < -0.39 is 0 Å². The van der Waals surface area contributed by atoms with Gasteiger partial charge >= 0.3 is 0 Å². The summed E-state index contributed by atoms with van der Waals surface area (Å²) in [6, 6.07) is 207. The van der Waals surface area contributed by atoms with Gasteiger partial charge in [-0.3, -0.25) is 0 Å². The van der Waals surface area contributed by atoms with E-state index in [1.165, 1.54) is 163 Å². The molecular formula is C142H95N3O2S. The number of hydrogen-bond donors (Lipinski definition) is 0. The third kappa shape index (κ3) is 17.5. The second-order valence-corrected chi connectivity index (χ2v) is 38.8. The zero-order chi connectivity index (χ0) is 98.2. The van der Waals surface area contributed by atoms with Crippen LogP contribution in [0.25, 0.3) is 207 Å². The molecule has 0 saturated carbocycles. The first-order chi connectivity index (χ1) is 73.3. The molecule has 0 atom stereocenters. The molecule has 0 saturated heterocycles. The number of furan rings is 2. The smallest absolute Gasteiger partial charge is 0.137 e. The van der Waals surface area contributed by atoms with E-state index in [0.29, 0.717) is 0 Å². The first-order valence-corrected chi connectivity index (χ1v) is 51.2. The highest BCUT2D eigenvalue weighted by Crippen LogP contribution is 2.48. The monoisotopic (exact) mass is 1910 g/mol. The van der Waals surface area contributed by atoms with Crippen LogP contribution in [-0.2, 0) is 0 Å². The molecule has 0 aliphatic rings. The van der Waals surface area contributed by atoms with E-state index in [2.05, 4.69) is 567 Å². The molecule has 0 radical (unpaired) electrons. The largest absolute Gasteiger partial charge is 0.456 e. The van der Waals surface area contributed by atoms with E-state index in [1.807, 2.05) is 35.6 Å². The molecule has 148 heavy (non-hydrogen) atoms. The first-order valence-electron chi connectivity index (χ1n) is 50.4. The lowest BCUT2D eigenvalue weighted by Crippen LogP contribution is -2.09. The Kier molecular flexibility index (Phi) is 23.6. The van der Waals surface area contributed by atoms with Crippen LogP contribution in [0, 0.1) is 0 Å². The van der Waals surface area contributed by atoms with Gasteiger partial charge in [0.15, 0.2) is 0 Å². The Bertz CT molecular complexity index is 9370. The number of thiophene rings is 1. The summed E-state index contributed by atoms with van der Waals surface area (Å²) in [6.45, 7) is 0. The van der Waals surface area contributed by atoms with Gasteiger partial charge < -0.3 is 23.5 Å². The van der Waals surface area contributed by atoms with E-state index in [9.17, 15) is 0 Å². The normalized spacial score (nSPS) is 11.4. The second-order valence-electron chi connectivity index (χ2n) is 37.7. The van der Waals surface area contributed by atoms with Crippen molar-refractivity contribution in [3.63, 3.8) is 0 Å².